The van der Waals surface area contributed by atoms with Crippen molar-refractivity contribution in [2.45, 2.75) is 77.5 Å². The van der Waals surface area contributed by atoms with Gasteiger partial charge in [-0.3, -0.25) is 14.4 Å². The van der Waals surface area contributed by atoms with Crippen LogP contribution in [0.15, 0.2) is 36.7 Å². The van der Waals surface area contributed by atoms with E-state index in [9.17, 15) is 9.59 Å². The Kier molecular flexibility index (Phi) is 6.92. The highest BCUT2D eigenvalue weighted by Gasteiger charge is 2.59. The fourth-order valence-corrected chi connectivity index (χ4v) is 6.70. The lowest BCUT2D eigenvalue weighted by atomic mass is 9.75. The molecule has 0 unspecified atom stereocenters. The summed E-state index contributed by atoms with van der Waals surface area (Å²) in [5.74, 6) is 0.694. The number of rotatable bonds is 4. The first-order valence-corrected chi connectivity index (χ1v) is 14.9. The van der Waals surface area contributed by atoms with Crippen LogP contribution in [0.25, 0.3) is 15.7 Å². The topological polar surface area (TPSA) is 88.2 Å². The number of ether oxygens (including phenoxy) is 1. The van der Waals surface area contributed by atoms with Crippen LogP contribution in [0.4, 0.5) is 22.0 Å². The number of fused-ring (bicyclic) bond motifs is 1. The van der Waals surface area contributed by atoms with E-state index in [0.717, 1.165) is 55.2 Å². The molecule has 1 spiro atoms. The van der Waals surface area contributed by atoms with Crippen LogP contribution in [0.5, 0.6) is 0 Å². The molecule has 0 radical (unpaired) electrons. The fraction of sp³-hybridized carbons (Fsp3) is 0.484. The standard InChI is InChI=1S/C31H35N7O3S/c1-20-15-24(18-33-26(20)32-5)37-27(39)31(11-6-12-31)38(28(37)42)23-7-8-25-22(16-23)17-34-36(25)19-21-9-13-35(14-10-21)29(40)41-30(2,3)4/h7-8,15-18,21H,6,9-14,19H2,1-4H3. The molecule has 42 heavy (non-hydrogen) atoms. The SMILES string of the molecule is [C-]#[N+]c1ncc(N2C(=O)C3(CCC3)N(c3ccc4c(cnn4CC4CCN(C(=O)OC(C)(C)C)CC4)c3)C2=S)cc1C. The van der Waals surface area contributed by atoms with Gasteiger partial charge in [0.05, 0.1) is 17.4 Å². The number of hydrogen-bond donors (Lipinski definition) is 0. The van der Waals surface area contributed by atoms with Crippen molar-refractivity contribution >= 4 is 57.4 Å². The van der Waals surface area contributed by atoms with Gasteiger partial charge < -0.3 is 19.4 Å². The summed E-state index contributed by atoms with van der Waals surface area (Å²) in [4.78, 5) is 39.4. The van der Waals surface area contributed by atoms with Crippen molar-refractivity contribution in [2.24, 2.45) is 5.92 Å². The highest BCUT2D eigenvalue weighted by atomic mass is 32.1. The van der Waals surface area contributed by atoms with Crippen LogP contribution in [0.1, 0.15) is 58.4 Å². The predicted molar refractivity (Wildman–Crippen MR) is 165 cm³/mol. The third-order valence-corrected chi connectivity index (χ3v) is 8.94. The molecule has 3 fully saturated rings. The third-order valence-electron chi connectivity index (χ3n) is 8.57. The largest absolute Gasteiger partial charge is 0.444 e. The number of carbonyl (C=O) groups excluding carboxylic acids is 2. The van der Waals surface area contributed by atoms with Crippen molar-refractivity contribution < 1.29 is 14.3 Å². The summed E-state index contributed by atoms with van der Waals surface area (Å²) in [5, 5.41) is 6.12. The van der Waals surface area contributed by atoms with Crippen molar-refractivity contribution in [1.29, 1.82) is 0 Å². The molecule has 4 heterocycles. The molecule has 0 N–H and O–H groups in total. The van der Waals surface area contributed by atoms with E-state index < -0.39 is 11.1 Å². The number of aromatic nitrogens is 3. The number of carbonyl (C=O) groups is 2. The van der Waals surface area contributed by atoms with E-state index in [4.69, 9.17) is 28.6 Å². The molecule has 2 saturated heterocycles. The Labute approximate surface area is 251 Å². The van der Waals surface area contributed by atoms with Gasteiger partial charge in [-0.05, 0) is 108 Å². The van der Waals surface area contributed by atoms with E-state index in [2.05, 4.69) is 22.0 Å². The lowest BCUT2D eigenvalue weighted by Gasteiger charge is -2.43. The second-order valence-electron chi connectivity index (χ2n) is 12.6. The Hall–Kier alpha value is -4.04. The molecule has 1 aromatic carbocycles. The smallest absolute Gasteiger partial charge is 0.410 e. The maximum atomic E-state index is 13.9. The van der Waals surface area contributed by atoms with E-state index in [1.807, 2.05) is 55.6 Å². The second kappa shape index (κ2) is 10.3. The van der Waals surface area contributed by atoms with Crippen LogP contribution < -0.4 is 9.80 Å². The first kappa shape index (κ1) is 28.1. The Morgan fingerprint density at radius 1 is 1.17 bits per heavy atom. The summed E-state index contributed by atoms with van der Waals surface area (Å²) in [6.45, 7) is 16.9. The number of piperidine rings is 1. The van der Waals surface area contributed by atoms with Crippen molar-refractivity contribution in [1.82, 2.24) is 19.7 Å². The fourth-order valence-electron chi connectivity index (χ4n) is 6.23. The zero-order chi connectivity index (χ0) is 29.8. The normalized spacial score (nSPS) is 19.0. The van der Waals surface area contributed by atoms with E-state index in [0.29, 0.717) is 41.2 Å². The van der Waals surface area contributed by atoms with Crippen LogP contribution in [-0.2, 0) is 16.1 Å². The lowest BCUT2D eigenvalue weighted by molar-refractivity contribution is -0.123. The monoisotopic (exact) mass is 585 g/mol. The van der Waals surface area contributed by atoms with Gasteiger partial charge in [-0.2, -0.15) is 5.10 Å². The molecule has 1 saturated carbocycles. The number of likely N-dealkylation sites (tertiary alicyclic amines) is 1. The van der Waals surface area contributed by atoms with Crippen molar-refractivity contribution in [3.05, 3.63) is 53.6 Å². The molecule has 3 aromatic rings. The first-order valence-electron chi connectivity index (χ1n) is 14.5. The highest BCUT2D eigenvalue weighted by molar-refractivity contribution is 7.81. The molecule has 0 atom stereocenters. The maximum Gasteiger partial charge on any atom is 0.410 e. The Morgan fingerprint density at radius 2 is 1.90 bits per heavy atom. The van der Waals surface area contributed by atoms with Gasteiger partial charge in [0.15, 0.2) is 5.11 Å². The van der Waals surface area contributed by atoms with Crippen LogP contribution in [0.2, 0.25) is 0 Å². The molecular weight excluding hydrogens is 550 g/mol. The van der Waals surface area contributed by atoms with E-state index in [-0.39, 0.29) is 12.0 Å². The minimum absolute atomic E-state index is 0.0379. The average Bonchev–Trinajstić information content (AvgIpc) is 3.42. The Bertz CT molecular complexity index is 1620. The molecule has 1 aliphatic carbocycles. The number of amides is 2. The molecule has 11 heteroatoms. The minimum atomic E-state index is -0.699. The summed E-state index contributed by atoms with van der Waals surface area (Å²) >= 11 is 5.93. The molecule has 6 rings (SSSR count). The van der Waals surface area contributed by atoms with Gasteiger partial charge in [0.2, 0.25) is 0 Å². The number of hydrogen-bond acceptors (Lipinski definition) is 6. The van der Waals surface area contributed by atoms with Gasteiger partial charge in [-0.15, -0.1) is 4.98 Å². The summed E-state index contributed by atoms with van der Waals surface area (Å²) in [7, 11) is 0. The predicted octanol–water partition coefficient (Wildman–Crippen LogP) is 6.00. The minimum Gasteiger partial charge on any atom is -0.444 e. The number of anilines is 2. The second-order valence-corrected chi connectivity index (χ2v) is 12.9. The van der Waals surface area contributed by atoms with E-state index >= 15 is 0 Å². The number of pyridine rings is 1. The highest BCUT2D eigenvalue weighted by Crippen LogP contribution is 2.48. The summed E-state index contributed by atoms with van der Waals surface area (Å²) in [5.41, 5.74) is 2.01. The zero-order valence-corrected chi connectivity index (χ0v) is 25.3. The van der Waals surface area contributed by atoms with Crippen molar-refractivity contribution in [2.75, 3.05) is 22.9 Å². The molecular formula is C31H35N7O3S. The van der Waals surface area contributed by atoms with Crippen LogP contribution in [-0.4, -0.2) is 61.0 Å². The Morgan fingerprint density at radius 3 is 2.52 bits per heavy atom. The van der Waals surface area contributed by atoms with Crippen molar-refractivity contribution in [3.63, 3.8) is 0 Å². The van der Waals surface area contributed by atoms with Gasteiger partial charge in [0.1, 0.15) is 17.3 Å². The van der Waals surface area contributed by atoms with Crippen LogP contribution >= 0.6 is 12.2 Å². The molecule has 2 aromatic heterocycles. The molecule has 10 nitrogen and oxygen atoms in total. The summed E-state index contributed by atoms with van der Waals surface area (Å²) < 4.78 is 7.58. The Balaban J connectivity index is 1.20. The van der Waals surface area contributed by atoms with Crippen molar-refractivity contribution in [3.8, 4) is 0 Å². The number of aryl methyl sites for hydroxylation is 1. The summed E-state index contributed by atoms with van der Waals surface area (Å²) in [6, 6.07) is 7.97. The van der Waals surface area contributed by atoms with Gasteiger partial charge in [-0.25, -0.2) is 4.79 Å². The van der Waals surface area contributed by atoms with Gasteiger partial charge in [0, 0.05) is 30.7 Å². The van der Waals surface area contributed by atoms with Gasteiger partial charge in [-0.1, -0.05) is 6.57 Å². The average molecular weight is 586 g/mol. The molecule has 2 amide bonds. The lowest BCUT2D eigenvalue weighted by Crippen LogP contribution is -2.55. The molecule has 218 valence electrons. The third kappa shape index (κ3) is 4.77. The van der Waals surface area contributed by atoms with Crippen LogP contribution in [0.3, 0.4) is 0 Å². The number of thiocarbonyl (C=S) groups is 1. The summed E-state index contributed by atoms with van der Waals surface area (Å²) in [6.07, 6.45) is 7.40. The first-order chi connectivity index (χ1) is 20.0. The molecule has 3 aliphatic rings. The number of benzene rings is 1. The molecule has 0 bridgehead atoms. The van der Waals surface area contributed by atoms with E-state index in [1.54, 1.807) is 16.0 Å². The van der Waals surface area contributed by atoms with E-state index in [1.165, 1.54) is 0 Å². The van der Waals surface area contributed by atoms with Crippen LogP contribution in [0, 0.1) is 19.4 Å². The van der Waals surface area contributed by atoms with Gasteiger partial charge in [0.25, 0.3) is 11.7 Å². The quantitative estimate of drug-likeness (QED) is 0.274. The molecule has 2 aliphatic heterocycles. The van der Waals surface area contributed by atoms with Gasteiger partial charge >= 0.3 is 6.09 Å². The maximum absolute atomic E-state index is 13.9. The number of nitrogens with zero attached hydrogens (tertiary/aromatic N) is 7. The zero-order valence-electron chi connectivity index (χ0n) is 24.5.